The van der Waals surface area contributed by atoms with Gasteiger partial charge in [-0.05, 0) is 18.2 Å². The van der Waals surface area contributed by atoms with Crippen LogP contribution < -0.4 is 0 Å². The van der Waals surface area contributed by atoms with Gasteiger partial charge in [0.1, 0.15) is 25.4 Å². The standard InChI is InChI=1S/C18H20Cl2O6/c1-3-23-11-15(9-19)25-17(21)13-6-5-7-14(8-13)18(22)26-16(10-20)12-24-4-2/h3-8,15-16H,1-2,9-12H2. The number of carbonyl (C=O) groups excluding carboxylic acids is 2. The molecule has 0 bridgehead atoms. The normalized spacial score (nSPS) is 12.4. The number of benzene rings is 1. The van der Waals surface area contributed by atoms with Gasteiger partial charge in [0.05, 0.1) is 35.4 Å². The molecular formula is C18H20Cl2O6. The highest BCUT2D eigenvalue weighted by atomic mass is 35.5. The van der Waals surface area contributed by atoms with Gasteiger partial charge in [-0.15, -0.1) is 23.2 Å². The van der Waals surface area contributed by atoms with E-state index in [4.69, 9.17) is 42.1 Å². The third kappa shape index (κ3) is 7.37. The van der Waals surface area contributed by atoms with Crippen LogP contribution in [0.15, 0.2) is 49.9 Å². The second-order valence-corrected chi connectivity index (χ2v) is 5.56. The quantitative estimate of drug-likeness (QED) is 0.302. The predicted molar refractivity (Wildman–Crippen MR) is 98.6 cm³/mol. The van der Waals surface area contributed by atoms with Crippen molar-refractivity contribution < 1.29 is 28.5 Å². The van der Waals surface area contributed by atoms with Gasteiger partial charge in [0.2, 0.25) is 0 Å². The first kappa shape index (κ1) is 21.9. The van der Waals surface area contributed by atoms with Crippen LogP contribution in [-0.2, 0) is 18.9 Å². The summed E-state index contributed by atoms with van der Waals surface area (Å²) in [5, 5.41) is 0. The van der Waals surface area contributed by atoms with Crippen molar-refractivity contribution >= 4 is 35.1 Å². The molecule has 0 heterocycles. The van der Waals surface area contributed by atoms with E-state index in [-0.39, 0.29) is 36.1 Å². The molecule has 6 nitrogen and oxygen atoms in total. The highest BCUT2D eigenvalue weighted by Gasteiger charge is 2.19. The maximum atomic E-state index is 12.2. The monoisotopic (exact) mass is 402 g/mol. The molecule has 26 heavy (non-hydrogen) atoms. The molecule has 0 aliphatic heterocycles. The number of ether oxygens (including phenoxy) is 4. The first-order valence-corrected chi connectivity index (χ1v) is 8.71. The Labute approximate surface area is 162 Å². The number of hydrogen-bond donors (Lipinski definition) is 0. The minimum absolute atomic E-state index is 0.0576. The van der Waals surface area contributed by atoms with Gasteiger partial charge < -0.3 is 18.9 Å². The van der Waals surface area contributed by atoms with Gasteiger partial charge in [-0.25, -0.2) is 9.59 Å². The molecule has 0 spiro atoms. The van der Waals surface area contributed by atoms with Gasteiger partial charge >= 0.3 is 11.9 Å². The Hall–Kier alpha value is -2.18. The van der Waals surface area contributed by atoms with Crippen molar-refractivity contribution in [1.82, 2.24) is 0 Å². The molecule has 0 amide bonds. The molecule has 0 saturated carbocycles. The van der Waals surface area contributed by atoms with Gasteiger partial charge in [0, 0.05) is 0 Å². The Morgan fingerprint density at radius 1 is 0.923 bits per heavy atom. The maximum Gasteiger partial charge on any atom is 0.338 e. The largest absolute Gasteiger partial charge is 0.498 e. The molecule has 142 valence electrons. The molecule has 0 fully saturated rings. The van der Waals surface area contributed by atoms with E-state index in [1.807, 2.05) is 0 Å². The minimum Gasteiger partial charge on any atom is -0.498 e. The molecule has 1 aromatic carbocycles. The molecule has 0 aromatic heterocycles. The van der Waals surface area contributed by atoms with E-state index in [2.05, 4.69) is 13.2 Å². The fourth-order valence-corrected chi connectivity index (χ4v) is 2.09. The van der Waals surface area contributed by atoms with Gasteiger partial charge in [0.25, 0.3) is 0 Å². The molecule has 0 radical (unpaired) electrons. The Morgan fingerprint density at radius 2 is 1.35 bits per heavy atom. The second kappa shape index (κ2) is 12.2. The van der Waals surface area contributed by atoms with Crippen molar-refractivity contribution in [3.8, 4) is 0 Å². The van der Waals surface area contributed by atoms with E-state index in [1.165, 1.54) is 30.7 Å². The van der Waals surface area contributed by atoms with Crippen molar-refractivity contribution in [3.05, 3.63) is 61.1 Å². The van der Waals surface area contributed by atoms with E-state index in [0.29, 0.717) is 0 Å². The zero-order chi connectivity index (χ0) is 19.4. The van der Waals surface area contributed by atoms with Gasteiger partial charge in [-0.2, -0.15) is 0 Å². The van der Waals surface area contributed by atoms with Crippen LogP contribution in [0.25, 0.3) is 0 Å². The molecule has 0 saturated heterocycles. The lowest BCUT2D eigenvalue weighted by molar-refractivity contribution is 0.0182. The summed E-state index contributed by atoms with van der Waals surface area (Å²) in [7, 11) is 0. The Balaban J connectivity index is 2.76. The number of alkyl halides is 2. The van der Waals surface area contributed by atoms with Crippen molar-refractivity contribution in [2.24, 2.45) is 0 Å². The molecule has 0 N–H and O–H groups in total. The lowest BCUT2D eigenvalue weighted by atomic mass is 10.1. The van der Waals surface area contributed by atoms with Crippen LogP contribution in [0.3, 0.4) is 0 Å². The van der Waals surface area contributed by atoms with E-state index < -0.39 is 24.1 Å². The molecule has 2 atom stereocenters. The molecule has 1 aromatic rings. The number of esters is 2. The van der Waals surface area contributed by atoms with Crippen LogP contribution >= 0.6 is 23.2 Å². The van der Waals surface area contributed by atoms with E-state index in [0.717, 1.165) is 0 Å². The molecule has 1 rings (SSSR count). The highest BCUT2D eigenvalue weighted by molar-refractivity contribution is 6.18. The molecule has 0 aliphatic rings. The predicted octanol–water partition coefficient (Wildman–Crippen LogP) is 3.54. The lowest BCUT2D eigenvalue weighted by Gasteiger charge is -2.16. The molecule has 2 unspecified atom stereocenters. The third-order valence-electron chi connectivity index (χ3n) is 3.03. The van der Waals surface area contributed by atoms with E-state index >= 15 is 0 Å². The third-order valence-corrected chi connectivity index (χ3v) is 3.71. The number of carbonyl (C=O) groups is 2. The van der Waals surface area contributed by atoms with Crippen molar-refractivity contribution in [1.29, 1.82) is 0 Å². The Morgan fingerprint density at radius 3 is 1.69 bits per heavy atom. The summed E-state index contributed by atoms with van der Waals surface area (Å²) in [6.45, 7) is 6.98. The first-order chi connectivity index (χ1) is 12.5. The second-order valence-electron chi connectivity index (χ2n) is 4.94. The number of rotatable bonds is 12. The Bertz CT molecular complexity index is 570. The van der Waals surface area contributed by atoms with Crippen LogP contribution in [-0.4, -0.2) is 49.1 Å². The van der Waals surface area contributed by atoms with E-state index in [1.54, 1.807) is 6.07 Å². The maximum absolute atomic E-state index is 12.2. The molecular weight excluding hydrogens is 383 g/mol. The van der Waals surface area contributed by atoms with Crippen molar-refractivity contribution in [2.75, 3.05) is 25.0 Å². The van der Waals surface area contributed by atoms with Crippen LogP contribution in [0.5, 0.6) is 0 Å². The summed E-state index contributed by atoms with van der Waals surface area (Å²) in [4.78, 5) is 24.4. The fourth-order valence-electron chi connectivity index (χ4n) is 1.78. The highest BCUT2D eigenvalue weighted by Crippen LogP contribution is 2.12. The molecule has 0 aliphatic carbocycles. The smallest absolute Gasteiger partial charge is 0.338 e. The van der Waals surface area contributed by atoms with Gasteiger partial charge in [-0.3, -0.25) is 0 Å². The average Bonchev–Trinajstić information content (AvgIpc) is 2.67. The van der Waals surface area contributed by atoms with Gasteiger partial charge in [-0.1, -0.05) is 19.2 Å². The van der Waals surface area contributed by atoms with E-state index in [9.17, 15) is 9.59 Å². The van der Waals surface area contributed by atoms with Crippen LogP contribution in [0.2, 0.25) is 0 Å². The zero-order valence-electron chi connectivity index (χ0n) is 14.1. The number of halogens is 2. The summed E-state index contributed by atoms with van der Waals surface area (Å²) in [6, 6.07) is 5.93. The summed E-state index contributed by atoms with van der Waals surface area (Å²) in [5.74, 6) is -1.16. The summed E-state index contributed by atoms with van der Waals surface area (Å²) < 4.78 is 20.4. The number of hydrogen-bond acceptors (Lipinski definition) is 6. The summed E-state index contributed by atoms with van der Waals surface area (Å²) in [5.41, 5.74) is 0.357. The van der Waals surface area contributed by atoms with Crippen LogP contribution in [0, 0.1) is 0 Å². The Kier molecular flexibility index (Phi) is 10.3. The van der Waals surface area contributed by atoms with Crippen molar-refractivity contribution in [2.45, 2.75) is 12.2 Å². The van der Waals surface area contributed by atoms with Crippen LogP contribution in [0.4, 0.5) is 0 Å². The fraction of sp³-hybridized carbons (Fsp3) is 0.333. The summed E-state index contributed by atoms with van der Waals surface area (Å²) >= 11 is 11.5. The minimum atomic E-state index is -0.644. The topological polar surface area (TPSA) is 71.1 Å². The molecule has 8 heteroatoms. The zero-order valence-corrected chi connectivity index (χ0v) is 15.6. The summed E-state index contributed by atoms with van der Waals surface area (Å²) in [6.07, 6.45) is 1.17. The van der Waals surface area contributed by atoms with Gasteiger partial charge in [0.15, 0.2) is 0 Å². The average molecular weight is 403 g/mol. The first-order valence-electron chi connectivity index (χ1n) is 7.64. The van der Waals surface area contributed by atoms with Crippen LogP contribution in [0.1, 0.15) is 20.7 Å². The lowest BCUT2D eigenvalue weighted by Crippen LogP contribution is -2.25. The van der Waals surface area contributed by atoms with Crippen molar-refractivity contribution in [3.63, 3.8) is 0 Å². The SMILES string of the molecule is C=COCC(CCl)OC(=O)c1cccc(C(=O)OC(CCl)COC=C)c1.